The van der Waals surface area contributed by atoms with Crippen LogP contribution in [0.3, 0.4) is 0 Å². The maximum absolute atomic E-state index is 12.7. The van der Waals surface area contributed by atoms with Gasteiger partial charge in [0.2, 0.25) is 0 Å². The van der Waals surface area contributed by atoms with Crippen molar-refractivity contribution in [2.24, 2.45) is 0 Å². The van der Waals surface area contributed by atoms with Gasteiger partial charge < -0.3 is 10.1 Å². The first-order chi connectivity index (χ1) is 12.0. The van der Waals surface area contributed by atoms with Crippen LogP contribution in [0.25, 0.3) is 10.9 Å². The lowest BCUT2D eigenvalue weighted by molar-refractivity contribution is 0.0454. The summed E-state index contributed by atoms with van der Waals surface area (Å²) >= 11 is 9.47. The van der Waals surface area contributed by atoms with Crippen LogP contribution < -0.4 is 10.9 Å². The first kappa shape index (κ1) is 18.6. The second-order valence-electron chi connectivity index (χ2n) is 6.39. The van der Waals surface area contributed by atoms with Gasteiger partial charge in [0.05, 0.1) is 28.4 Å². The molecule has 1 aromatic carbocycles. The standard InChI is InChI=1S/C18H21BrClN3O2/c1-11(6-16-17(25-2)4-3-5-21-16)9-23-10-22-15-8-13(19)14(20)7-12(15)18(23)24/h7-8,10,16-17,21H,1,3-6,9H2,2H3/t16-,17+/m1/s1. The van der Waals surface area contributed by atoms with Crippen LogP contribution in [-0.4, -0.2) is 35.4 Å². The van der Waals surface area contributed by atoms with Crippen LogP contribution in [0.15, 0.2) is 39.9 Å². The van der Waals surface area contributed by atoms with Crippen LogP contribution in [0.2, 0.25) is 5.02 Å². The highest BCUT2D eigenvalue weighted by Crippen LogP contribution is 2.25. The number of nitrogens with zero attached hydrogens (tertiary/aromatic N) is 2. The van der Waals surface area contributed by atoms with Gasteiger partial charge in [-0.3, -0.25) is 9.36 Å². The molecule has 134 valence electrons. The van der Waals surface area contributed by atoms with Crippen LogP contribution in [0.1, 0.15) is 19.3 Å². The minimum Gasteiger partial charge on any atom is -0.380 e. The molecule has 0 amide bonds. The van der Waals surface area contributed by atoms with Gasteiger partial charge in [0.1, 0.15) is 0 Å². The average molecular weight is 427 g/mol. The van der Waals surface area contributed by atoms with Gasteiger partial charge in [0.15, 0.2) is 0 Å². The number of halogens is 2. The predicted molar refractivity (Wildman–Crippen MR) is 104 cm³/mol. The van der Waals surface area contributed by atoms with E-state index >= 15 is 0 Å². The van der Waals surface area contributed by atoms with Crippen molar-refractivity contribution in [2.45, 2.75) is 38.0 Å². The molecule has 2 heterocycles. The molecule has 1 fully saturated rings. The Labute approximate surface area is 160 Å². The molecule has 0 radical (unpaired) electrons. The number of fused-ring (bicyclic) bond motifs is 1. The van der Waals surface area contributed by atoms with Gasteiger partial charge in [0.25, 0.3) is 5.56 Å². The number of ether oxygens (including phenoxy) is 1. The molecule has 1 aromatic heterocycles. The first-order valence-electron chi connectivity index (χ1n) is 8.26. The smallest absolute Gasteiger partial charge is 0.261 e. The van der Waals surface area contributed by atoms with Gasteiger partial charge in [0, 0.05) is 24.2 Å². The number of piperidine rings is 1. The molecule has 1 N–H and O–H groups in total. The largest absolute Gasteiger partial charge is 0.380 e. The summed E-state index contributed by atoms with van der Waals surface area (Å²) in [7, 11) is 1.74. The van der Waals surface area contributed by atoms with Gasteiger partial charge in [-0.2, -0.15) is 0 Å². The first-order valence-corrected chi connectivity index (χ1v) is 9.43. The molecule has 25 heavy (non-hydrogen) atoms. The highest BCUT2D eigenvalue weighted by atomic mass is 79.9. The quantitative estimate of drug-likeness (QED) is 0.743. The molecule has 5 nitrogen and oxygen atoms in total. The van der Waals surface area contributed by atoms with E-state index < -0.39 is 0 Å². The zero-order chi connectivity index (χ0) is 18.0. The summed E-state index contributed by atoms with van der Waals surface area (Å²) in [5.41, 5.74) is 1.48. The lowest BCUT2D eigenvalue weighted by atomic mass is 9.95. The maximum atomic E-state index is 12.7. The summed E-state index contributed by atoms with van der Waals surface area (Å²) in [6.45, 7) is 5.57. The molecule has 0 spiro atoms. The van der Waals surface area contributed by atoms with Crippen LogP contribution in [0.5, 0.6) is 0 Å². The van der Waals surface area contributed by atoms with E-state index in [0.29, 0.717) is 22.5 Å². The maximum Gasteiger partial charge on any atom is 0.261 e. The Kier molecular flexibility index (Phi) is 5.94. The lowest BCUT2D eigenvalue weighted by Crippen LogP contribution is -2.46. The van der Waals surface area contributed by atoms with E-state index in [2.05, 4.69) is 32.8 Å². The van der Waals surface area contributed by atoms with E-state index in [-0.39, 0.29) is 17.7 Å². The van der Waals surface area contributed by atoms with Gasteiger partial charge in [-0.15, -0.1) is 0 Å². The second-order valence-corrected chi connectivity index (χ2v) is 7.65. The van der Waals surface area contributed by atoms with Gasteiger partial charge in [-0.25, -0.2) is 4.98 Å². The molecule has 0 saturated carbocycles. The second kappa shape index (κ2) is 7.99. The Morgan fingerprint density at radius 2 is 2.36 bits per heavy atom. The number of nitrogens with one attached hydrogen (secondary N) is 1. The van der Waals surface area contributed by atoms with Gasteiger partial charge in [-0.05, 0) is 53.9 Å². The molecule has 0 bridgehead atoms. The minimum absolute atomic E-state index is 0.111. The lowest BCUT2D eigenvalue weighted by Gasteiger charge is -2.32. The van der Waals surface area contributed by atoms with Crippen molar-refractivity contribution in [1.29, 1.82) is 0 Å². The third kappa shape index (κ3) is 4.14. The Hall–Kier alpha value is -1.21. The summed E-state index contributed by atoms with van der Waals surface area (Å²) in [4.78, 5) is 17.1. The summed E-state index contributed by atoms with van der Waals surface area (Å²) in [6, 6.07) is 3.65. The topological polar surface area (TPSA) is 56.1 Å². The van der Waals surface area contributed by atoms with Gasteiger partial charge in [-0.1, -0.05) is 23.8 Å². The predicted octanol–water partition coefficient (Wildman–Crippen LogP) is 3.53. The summed E-state index contributed by atoms with van der Waals surface area (Å²) in [6.07, 6.45) is 4.69. The molecule has 1 aliphatic rings. The molecule has 2 aromatic rings. The molecule has 1 aliphatic heterocycles. The fourth-order valence-electron chi connectivity index (χ4n) is 3.29. The van der Waals surface area contributed by atoms with Crippen molar-refractivity contribution in [3.05, 3.63) is 50.5 Å². The van der Waals surface area contributed by atoms with Crippen molar-refractivity contribution in [3.63, 3.8) is 0 Å². The van der Waals surface area contributed by atoms with Crippen molar-refractivity contribution < 1.29 is 4.74 Å². The zero-order valence-corrected chi connectivity index (χ0v) is 16.4. The average Bonchev–Trinajstić information content (AvgIpc) is 2.60. The summed E-state index contributed by atoms with van der Waals surface area (Å²) in [5.74, 6) is 0. The Balaban J connectivity index is 1.78. The number of aromatic nitrogens is 2. The van der Waals surface area contributed by atoms with Crippen molar-refractivity contribution in [1.82, 2.24) is 14.9 Å². The van der Waals surface area contributed by atoms with Crippen molar-refractivity contribution in [3.8, 4) is 0 Å². The molecular formula is C18H21BrClN3O2. The molecule has 7 heteroatoms. The van der Waals surface area contributed by atoms with Crippen LogP contribution in [-0.2, 0) is 11.3 Å². The van der Waals surface area contributed by atoms with E-state index in [1.165, 1.54) is 0 Å². The Morgan fingerprint density at radius 1 is 1.56 bits per heavy atom. The highest BCUT2D eigenvalue weighted by molar-refractivity contribution is 9.10. The van der Waals surface area contributed by atoms with Gasteiger partial charge >= 0.3 is 0 Å². The SMILES string of the molecule is C=C(C[C@H]1NCCC[C@@H]1OC)Cn1cnc2cc(Br)c(Cl)cc2c1=O. The Bertz CT molecular complexity index is 852. The zero-order valence-electron chi connectivity index (χ0n) is 14.1. The fraction of sp³-hybridized carbons (Fsp3) is 0.444. The van der Waals surface area contributed by atoms with E-state index in [4.69, 9.17) is 16.3 Å². The molecular weight excluding hydrogens is 406 g/mol. The van der Waals surface area contributed by atoms with E-state index in [1.807, 2.05) is 0 Å². The van der Waals surface area contributed by atoms with E-state index in [1.54, 1.807) is 30.1 Å². The number of benzene rings is 1. The van der Waals surface area contributed by atoms with E-state index in [9.17, 15) is 4.79 Å². The van der Waals surface area contributed by atoms with E-state index in [0.717, 1.165) is 35.9 Å². The summed E-state index contributed by atoms with van der Waals surface area (Å²) < 4.78 is 7.87. The van der Waals surface area contributed by atoms with Crippen LogP contribution >= 0.6 is 27.5 Å². The third-order valence-electron chi connectivity index (χ3n) is 4.59. The molecule has 0 unspecified atom stereocenters. The number of methoxy groups -OCH3 is 1. The Morgan fingerprint density at radius 3 is 3.12 bits per heavy atom. The fourth-order valence-corrected chi connectivity index (χ4v) is 3.79. The molecule has 3 rings (SSSR count). The highest BCUT2D eigenvalue weighted by Gasteiger charge is 2.24. The van der Waals surface area contributed by atoms with Crippen molar-refractivity contribution in [2.75, 3.05) is 13.7 Å². The van der Waals surface area contributed by atoms with Crippen molar-refractivity contribution >= 4 is 38.4 Å². The summed E-state index contributed by atoms with van der Waals surface area (Å²) in [5, 5.41) is 4.49. The third-order valence-corrected chi connectivity index (χ3v) is 5.79. The number of hydrogen-bond acceptors (Lipinski definition) is 4. The molecule has 0 aliphatic carbocycles. The normalized spacial score (nSPS) is 20.8. The van der Waals surface area contributed by atoms with Crippen LogP contribution in [0.4, 0.5) is 0 Å². The molecule has 2 atom stereocenters. The number of hydrogen-bond donors (Lipinski definition) is 1. The molecule has 1 saturated heterocycles. The monoisotopic (exact) mass is 425 g/mol. The van der Waals surface area contributed by atoms with Crippen LogP contribution in [0, 0.1) is 0 Å². The number of rotatable bonds is 5. The minimum atomic E-state index is -0.111.